The van der Waals surface area contributed by atoms with Crippen LogP contribution < -0.4 is 5.32 Å². The normalized spacial score (nSPS) is 10.6. The van der Waals surface area contributed by atoms with Gasteiger partial charge in [-0.05, 0) is 53.9 Å². The highest BCUT2D eigenvalue weighted by Crippen LogP contribution is 2.28. The van der Waals surface area contributed by atoms with Crippen LogP contribution in [0.5, 0.6) is 5.75 Å². The van der Waals surface area contributed by atoms with Crippen LogP contribution in [0.4, 0.5) is 18.9 Å². The predicted molar refractivity (Wildman–Crippen MR) is 92.5 cm³/mol. The van der Waals surface area contributed by atoms with Gasteiger partial charge in [0.2, 0.25) is 0 Å². The number of aromatic hydroxyl groups is 1. The van der Waals surface area contributed by atoms with Crippen molar-refractivity contribution in [1.29, 1.82) is 0 Å². The van der Waals surface area contributed by atoms with Crippen molar-refractivity contribution in [2.45, 2.75) is 6.92 Å². The van der Waals surface area contributed by atoms with E-state index in [1.807, 2.05) is 0 Å². The number of carbonyl (C=O) groups excluding carboxylic acids is 1. The molecule has 0 heterocycles. The number of benzene rings is 3. The van der Waals surface area contributed by atoms with Crippen molar-refractivity contribution in [1.82, 2.24) is 0 Å². The van der Waals surface area contributed by atoms with Gasteiger partial charge in [-0.25, -0.2) is 13.2 Å². The number of nitrogens with one attached hydrogen (secondary N) is 1. The minimum absolute atomic E-state index is 0.175. The molecule has 6 heteroatoms. The molecule has 3 aromatic rings. The van der Waals surface area contributed by atoms with E-state index in [9.17, 15) is 23.1 Å². The highest BCUT2D eigenvalue weighted by atomic mass is 19.1. The van der Waals surface area contributed by atoms with Crippen LogP contribution in [0.1, 0.15) is 15.9 Å². The molecule has 3 aromatic carbocycles. The molecule has 0 aliphatic heterocycles. The molecule has 0 saturated heterocycles. The smallest absolute Gasteiger partial charge is 0.256 e. The summed E-state index contributed by atoms with van der Waals surface area (Å²) in [6.07, 6.45) is 0. The fraction of sp³-hybridized carbons (Fsp3) is 0.0500. The van der Waals surface area contributed by atoms with Gasteiger partial charge in [-0.2, -0.15) is 0 Å². The topological polar surface area (TPSA) is 49.3 Å². The van der Waals surface area contributed by atoms with Crippen molar-refractivity contribution in [3.8, 4) is 16.9 Å². The Morgan fingerprint density at radius 2 is 1.69 bits per heavy atom. The lowest BCUT2D eigenvalue weighted by Crippen LogP contribution is -2.15. The maximum absolute atomic E-state index is 13.9. The molecule has 0 fully saturated rings. The minimum Gasteiger partial charge on any atom is -0.505 e. The molecule has 2 N–H and O–H groups in total. The molecule has 132 valence electrons. The molecule has 3 rings (SSSR count). The maximum atomic E-state index is 13.9. The maximum Gasteiger partial charge on any atom is 0.256 e. The molecular formula is C20H14F3NO2. The Kier molecular flexibility index (Phi) is 4.67. The lowest BCUT2D eigenvalue weighted by Gasteiger charge is -2.12. The number of rotatable bonds is 3. The van der Waals surface area contributed by atoms with Gasteiger partial charge >= 0.3 is 0 Å². The quantitative estimate of drug-likeness (QED) is 0.690. The number of amides is 1. The fourth-order valence-corrected chi connectivity index (χ4v) is 2.55. The molecule has 0 unspecified atom stereocenters. The third-order valence-electron chi connectivity index (χ3n) is 3.95. The number of hydrogen-bond donors (Lipinski definition) is 2. The van der Waals surface area contributed by atoms with Gasteiger partial charge in [0, 0.05) is 5.56 Å². The molecule has 0 saturated carbocycles. The zero-order valence-corrected chi connectivity index (χ0v) is 13.7. The van der Waals surface area contributed by atoms with Gasteiger partial charge < -0.3 is 10.4 Å². The largest absolute Gasteiger partial charge is 0.505 e. The van der Waals surface area contributed by atoms with Crippen LogP contribution in [-0.4, -0.2) is 11.0 Å². The lowest BCUT2D eigenvalue weighted by atomic mass is 9.99. The molecule has 0 spiro atoms. The fourth-order valence-electron chi connectivity index (χ4n) is 2.55. The summed E-state index contributed by atoms with van der Waals surface area (Å²) in [5.41, 5.74) is 1.16. The molecule has 26 heavy (non-hydrogen) atoms. The Morgan fingerprint density at radius 1 is 0.962 bits per heavy atom. The summed E-state index contributed by atoms with van der Waals surface area (Å²) in [5.74, 6) is -4.20. The Bertz CT molecular complexity index is 1000. The van der Waals surface area contributed by atoms with E-state index in [0.29, 0.717) is 16.7 Å². The zero-order valence-electron chi connectivity index (χ0n) is 13.7. The SMILES string of the molecule is Cc1ccc(-c2cccc(F)c2)cc1C(=O)Nc1c(F)ccc(O)c1F. The molecule has 1 amide bonds. The second kappa shape index (κ2) is 6.92. The van der Waals surface area contributed by atoms with Crippen LogP contribution in [0.15, 0.2) is 54.6 Å². The number of hydrogen-bond acceptors (Lipinski definition) is 2. The van der Waals surface area contributed by atoms with Crippen LogP contribution in [0.25, 0.3) is 11.1 Å². The summed E-state index contributed by atoms with van der Waals surface area (Å²) in [6.45, 7) is 1.67. The summed E-state index contributed by atoms with van der Waals surface area (Å²) in [4.78, 5) is 12.5. The van der Waals surface area contributed by atoms with Gasteiger partial charge in [-0.1, -0.05) is 24.3 Å². The first-order valence-corrected chi connectivity index (χ1v) is 7.71. The van der Waals surface area contributed by atoms with Gasteiger partial charge in [-0.15, -0.1) is 0 Å². The third kappa shape index (κ3) is 3.39. The van der Waals surface area contributed by atoms with Gasteiger partial charge in [0.1, 0.15) is 17.3 Å². The summed E-state index contributed by atoms with van der Waals surface area (Å²) >= 11 is 0. The molecule has 0 aliphatic carbocycles. The molecular weight excluding hydrogens is 343 g/mol. The van der Waals surface area contributed by atoms with E-state index >= 15 is 0 Å². The summed E-state index contributed by atoms with van der Waals surface area (Å²) < 4.78 is 41.1. The van der Waals surface area contributed by atoms with E-state index in [0.717, 1.165) is 12.1 Å². The molecule has 0 radical (unpaired) electrons. The Balaban J connectivity index is 1.98. The molecule has 0 aromatic heterocycles. The summed E-state index contributed by atoms with van der Waals surface area (Å²) in [6, 6.07) is 12.4. The van der Waals surface area contributed by atoms with Crippen molar-refractivity contribution >= 4 is 11.6 Å². The average molecular weight is 357 g/mol. The number of halogens is 3. The predicted octanol–water partition coefficient (Wildman–Crippen LogP) is 5.04. The Labute approximate surface area is 147 Å². The number of aryl methyl sites for hydroxylation is 1. The highest BCUT2D eigenvalue weighted by Gasteiger charge is 2.18. The summed E-state index contributed by atoms with van der Waals surface area (Å²) in [5, 5.41) is 11.5. The zero-order chi connectivity index (χ0) is 18.8. The second-order valence-corrected chi connectivity index (χ2v) is 5.75. The Morgan fingerprint density at radius 3 is 2.42 bits per heavy atom. The average Bonchev–Trinajstić information content (AvgIpc) is 2.62. The van der Waals surface area contributed by atoms with E-state index in [4.69, 9.17) is 0 Å². The highest BCUT2D eigenvalue weighted by molar-refractivity contribution is 6.06. The van der Waals surface area contributed by atoms with E-state index < -0.39 is 34.8 Å². The van der Waals surface area contributed by atoms with Crippen LogP contribution in [0.2, 0.25) is 0 Å². The molecule has 3 nitrogen and oxygen atoms in total. The molecule has 0 aliphatic rings. The van der Waals surface area contributed by atoms with E-state index in [1.165, 1.54) is 18.2 Å². The van der Waals surface area contributed by atoms with E-state index in [1.54, 1.807) is 31.2 Å². The Hall–Kier alpha value is -3.28. The lowest BCUT2D eigenvalue weighted by molar-refractivity contribution is 0.102. The van der Waals surface area contributed by atoms with Crippen molar-refractivity contribution in [2.24, 2.45) is 0 Å². The van der Waals surface area contributed by atoms with Crippen LogP contribution in [0.3, 0.4) is 0 Å². The third-order valence-corrected chi connectivity index (χ3v) is 3.95. The van der Waals surface area contributed by atoms with Crippen LogP contribution >= 0.6 is 0 Å². The first-order chi connectivity index (χ1) is 12.4. The standard InChI is InChI=1S/C20H14F3NO2/c1-11-5-6-13(12-3-2-4-14(21)9-12)10-15(11)20(26)24-19-16(22)7-8-17(25)18(19)23/h2-10,25H,1H3,(H,24,26). The van der Waals surface area contributed by atoms with Crippen molar-refractivity contribution in [3.63, 3.8) is 0 Å². The first kappa shape index (κ1) is 17.5. The van der Waals surface area contributed by atoms with Gasteiger partial charge in [-0.3, -0.25) is 4.79 Å². The minimum atomic E-state index is -1.25. The molecule has 0 bridgehead atoms. The van der Waals surface area contributed by atoms with Gasteiger partial charge in [0.15, 0.2) is 11.6 Å². The number of phenolic OH excluding ortho intramolecular Hbond substituents is 1. The van der Waals surface area contributed by atoms with Crippen molar-refractivity contribution < 1.29 is 23.1 Å². The van der Waals surface area contributed by atoms with E-state index in [-0.39, 0.29) is 5.56 Å². The molecule has 0 atom stereocenters. The van der Waals surface area contributed by atoms with Crippen molar-refractivity contribution in [3.05, 3.63) is 83.2 Å². The summed E-state index contributed by atoms with van der Waals surface area (Å²) in [7, 11) is 0. The first-order valence-electron chi connectivity index (χ1n) is 7.71. The monoisotopic (exact) mass is 357 g/mol. The number of anilines is 1. The number of carbonyl (C=O) groups is 1. The second-order valence-electron chi connectivity index (χ2n) is 5.75. The number of phenols is 1. The van der Waals surface area contributed by atoms with Crippen molar-refractivity contribution in [2.75, 3.05) is 5.32 Å². The van der Waals surface area contributed by atoms with Gasteiger partial charge in [0.05, 0.1) is 0 Å². The van der Waals surface area contributed by atoms with Crippen LogP contribution in [-0.2, 0) is 0 Å². The van der Waals surface area contributed by atoms with Crippen LogP contribution in [0, 0.1) is 24.4 Å². The van der Waals surface area contributed by atoms with Gasteiger partial charge in [0.25, 0.3) is 5.91 Å². The van der Waals surface area contributed by atoms with E-state index in [2.05, 4.69) is 5.32 Å².